The summed E-state index contributed by atoms with van der Waals surface area (Å²) in [6.07, 6.45) is 0.917. The minimum absolute atomic E-state index is 0.124. The average Bonchev–Trinajstić information content (AvgIpc) is 2.38. The minimum atomic E-state index is -3.62. The fourth-order valence-electron chi connectivity index (χ4n) is 1.73. The van der Waals surface area contributed by atoms with E-state index in [1.165, 1.54) is 0 Å². The maximum atomic E-state index is 11.9. The predicted molar refractivity (Wildman–Crippen MR) is 79.2 cm³/mol. The topological polar surface area (TPSA) is 63.2 Å². The van der Waals surface area contributed by atoms with Crippen LogP contribution in [0.3, 0.4) is 0 Å². The molecule has 0 bridgehead atoms. The Morgan fingerprint density at radius 1 is 1.05 bits per heavy atom. The molecule has 104 valence electrons. The summed E-state index contributed by atoms with van der Waals surface area (Å²) in [7, 11) is -3.62. The molecule has 0 fully saturated rings. The van der Waals surface area contributed by atoms with Gasteiger partial charge in [0.2, 0.25) is 10.0 Å². The highest BCUT2D eigenvalue weighted by molar-refractivity contribution is 7.89. The molecule has 0 spiro atoms. The number of nitrogens with one attached hydrogen (secondary N) is 1. The molecule has 6 heteroatoms. The van der Waals surface area contributed by atoms with Crippen molar-refractivity contribution in [3.05, 3.63) is 59.1 Å². The molecule has 0 heterocycles. The fourth-order valence-corrected chi connectivity index (χ4v) is 2.38. The molecule has 2 rings (SSSR count). The number of amides is 1. The van der Waals surface area contributed by atoms with Gasteiger partial charge in [0.25, 0.3) is 5.91 Å². The second-order valence-corrected chi connectivity index (χ2v) is 6.42. The highest BCUT2D eigenvalue weighted by Crippen LogP contribution is 2.25. The summed E-state index contributed by atoms with van der Waals surface area (Å²) < 4.78 is 24.1. The van der Waals surface area contributed by atoms with E-state index >= 15 is 0 Å². The molecule has 0 aliphatic heterocycles. The lowest BCUT2D eigenvalue weighted by Crippen LogP contribution is -2.29. The maximum absolute atomic E-state index is 11.9. The summed E-state index contributed by atoms with van der Waals surface area (Å²) in [6.45, 7) is 0. The molecule has 0 aliphatic rings. The standard InChI is InChI=1S/C14H12ClNO3S/c1-20(18,19)16-14(17)12-9-11(7-8-13(12)15)10-5-3-2-4-6-10/h2-9H,1H3,(H,16,17). The van der Waals surface area contributed by atoms with Crippen molar-refractivity contribution in [2.45, 2.75) is 0 Å². The summed E-state index contributed by atoms with van der Waals surface area (Å²) in [6, 6.07) is 14.3. The molecule has 0 unspecified atom stereocenters. The Kier molecular flexibility index (Phi) is 4.11. The number of carbonyl (C=O) groups excluding carboxylic acids is 1. The highest BCUT2D eigenvalue weighted by atomic mass is 35.5. The first-order valence-electron chi connectivity index (χ1n) is 5.74. The first-order chi connectivity index (χ1) is 9.37. The van der Waals surface area contributed by atoms with Gasteiger partial charge in [-0.05, 0) is 23.3 Å². The summed E-state index contributed by atoms with van der Waals surface area (Å²) in [5.74, 6) is -0.740. The van der Waals surface area contributed by atoms with Crippen molar-refractivity contribution in [3.8, 4) is 11.1 Å². The van der Waals surface area contributed by atoms with Crippen LogP contribution >= 0.6 is 11.6 Å². The number of rotatable bonds is 3. The van der Waals surface area contributed by atoms with E-state index in [2.05, 4.69) is 0 Å². The maximum Gasteiger partial charge on any atom is 0.266 e. The Hall–Kier alpha value is -1.85. The van der Waals surface area contributed by atoms with E-state index in [1.54, 1.807) is 18.2 Å². The predicted octanol–water partition coefficient (Wildman–Crippen LogP) is 2.70. The zero-order valence-electron chi connectivity index (χ0n) is 10.6. The number of hydrogen-bond acceptors (Lipinski definition) is 3. The van der Waals surface area contributed by atoms with Crippen LogP contribution in [0.5, 0.6) is 0 Å². The Morgan fingerprint density at radius 2 is 1.70 bits per heavy atom. The van der Waals surface area contributed by atoms with Gasteiger partial charge in [0.1, 0.15) is 0 Å². The van der Waals surface area contributed by atoms with Gasteiger partial charge in [0, 0.05) is 0 Å². The molecular weight excluding hydrogens is 298 g/mol. The van der Waals surface area contributed by atoms with Crippen molar-refractivity contribution in [2.75, 3.05) is 6.26 Å². The Bertz CT molecular complexity index is 742. The fraction of sp³-hybridized carbons (Fsp3) is 0.0714. The summed E-state index contributed by atoms with van der Waals surface area (Å²) in [5, 5.41) is 0.200. The van der Waals surface area contributed by atoms with Crippen LogP contribution in [0.2, 0.25) is 5.02 Å². The van der Waals surface area contributed by atoms with Crippen molar-refractivity contribution in [3.63, 3.8) is 0 Å². The summed E-state index contributed by atoms with van der Waals surface area (Å²) in [5.41, 5.74) is 1.82. The number of carbonyl (C=O) groups is 1. The second kappa shape index (κ2) is 5.64. The Balaban J connectivity index is 2.42. The highest BCUT2D eigenvalue weighted by Gasteiger charge is 2.15. The number of sulfonamides is 1. The number of hydrogen-bond donors (Lipinski definition) is 1. The molecule has 1 N–H and O–H groups in total. The van der Waals surface area contributed by atoms with Crippen LogP contribution < -0.4 is 4.72 Å². The SMILES string of the molecule is CS(=O)(=O)NC(=O)c1cc(-c2ccccc2)ccc1Cl. The first-order valence-corrected chi connectivity index (χ1v) is 8.01. The minimum Gasteiger partial charge on any atom is -0.268 e. The zero-order chi connectivity index (χ0) is 14.8. The molecule has 0 aromatic heterocycles. The molecule has 0 radical (unpaired) electrons. The van der Waals surface area contributed by atoms with Crippen molar-refractivity contribution >= 4 is 27.5 Å². The van der Waals surface area contributed by atoms with Gasteiger partial charge in [0.05, 0.1) is 16.8 Å². The average molecular weight is 310 g/mol. The van der Waals surface area contributed by atoms with Crippen LogP contribution in [-0.4, -0.2) is 20.6 Å². The Labute approximate surface area is 122 Å². The molecule has 2 aromatic rings. The molecule has 0 atom stereocenters. The van der Waals surface area contributed by atoms with Gasteiger partial charge in [-0.3, -0.25) is 4.79 Å². The van der Waals surface area contributed by atoms with Crippen LogP contribution in [0.4, 0.5) is 0 Å². The van der Waals surface area contributed by atoms with Crippen LogP contribution in [0.15, 0.2) is 48.5 Å². The third-order valence-corrected chi connectivity index (χ3v) is 3.48. The number of benzene rings is 2. The van der Waals surface area contributed by atoms with Gasteiger partial charge < -0.3 is 0 Å². The van der Waals surface area contributed by atoms with Crippen molar-refractivity contribution < 1.29 is 13.2 Å². The second-order valence-electron chi connectivity index (χ2n) is 4.26. The third kappa shape index (κ3) is 3.59. The molecule has 2 aromatic carbocycles. The molecular formula is C14H12ClNO3S. The van der Waals surface area contributed by atoms with Gasteiger partial charge >= 0.3 is 0 Å². The summed E-state index contributed by atoms with van der Waals surface area (Å²) in [4.78, 5) is 11.9. The molecule has 0 saturated carbocycles. The van der Waals surface area contributed by atoms with Crippen LogP contribution in [0.1, 0.15) is 10.4 Å². The van der Waals surface area contributed by atoms with Gasteiger partial charge in [-0.15, -0.1) is 0 Å². The van der Waals surface area contributed by atoms with E-state index in [-0.39, 0.29) is 10.6 Å². The van der Waals surface area contributed by atoms with E-state index in [0.29, 0.717) is 0 Å². The van der Waals surface area contributed by atoms with Gasteiger partial charge in [-0.25, -0.2) is 13.1 Å². The van der Waals surface area contributed by atoms with E-state index in [9.17, 15) is 13.2 Å². The number of halogens is 1. The largest absolute Gasteiger partial charge is 0.268 e. The molecule has 0 aliphatic carbocycles. The lowest BCUT2D eigenvalue weighted by Gasteiger charge is -2.08. The van der Waals surface area contributed by atoms with E-state index < -0.39 is 15.9 Å². The van der Waals surface area contributed by atoms with Gasteiger partial charge in [-0.2, -0.15) is 0 Å². The smallest absolute Gasteiger partial charge is 0.266 e. The van der Waals surface area contributed by atoms with Crippen molar-refractivity contribution in [1.29, 1.82) is 0 Å². The summed E-state index contributed by atoms with van der Waals surface area (Å²) >= 11 is 5.95. The molecule has 0 saturated heterocycles. The van der Waals surface area contributed by atoms with Crippen LogP contribution in [0, 0.1) is 0 Å². The van der Waals surface area contributed by atoms with E-state index in [1.807, 2.05) is 35.1 Å². The monoisotopic (exact) mass is 309 g/mol. The van der Waals surface area contributed by atoms with Gasteiger partial charge in [-0.1, -0.05) is 48.0 Å². The van der Waals surface area contributed by atoms with Crippen molar-refractivity contribution in [1.82, 2.24) is 4.72 Å². The quantitative estimate of drug-likeness (QED) is 0.948. The van der Waals surface area contributed by atoms with E-state index in [4.69, 9.17) is 11.6 Å². The molecule has 4 nitrogen and oxygen atoms in total. The van der Waals surface area contributed by atoms with E-state index in [0.717, 1.165) is 17.4 Å². The Morgan fingerprint density at radius 3 is 2.30 bits per heavy atom. The normalized spacial score (nSPS) is 11.1. The lowest BCUT2D eigenvalue weighted by molar-refractivity contribution is 0.0982. The van der Waals surface area contributed by atoms with Crippen LogP contribution in [0.25, 0.3) is 11.1 Å². The van der Waals surface area contributed by atoms with Gasteiger partial charge in [0.15, 0.2) is 0 Å². The van der Waals surface area contributed by atoms with Crippen molar-refractivity contribution in [2.24, 2.45) is 0 Å². The first kappa shape index (κ1) is 14.6. The molecule has 20 heavy (non-hydrogen) atoms. The molecule has 1 amide bonds. The zero-order valence-corrected chi connectivity index (χ0v) is 12.2. The lowest BCUT2D eigenvalue weighted by atomic mass is 10.0. The van der Waals surface area contributed by atoms with Crippen LogP contribution in [-0.2, 0) is 10.0 Å². The third-order valence-electron chi connectivity index (χ3n) is 2.60.